The average molecular weight is 518 g/mol. The van der Waals surface area contributed by atoms with Gasteiger partial charge in [0.15, 0.2) is 5.69 Å². The van der Waals surface area contributed by atoms with E-state index < -0.39 is 28.7 Å². The van der Waals surface area contributed by atoms with Crippen molar-refractivity contribution < 1.29 is 23.3 Å². The molecule has 0 aliphatic heterocycles. The van der Waals surface area contributed by atoms with Gasteiger partial charge in [0.2, 0.25) is 0 Å². The van der Waals surface area contributed by atoms with Gasteiger partial charge in [0, 0.05) is 48.0 Å². The zero-order chi connectivity index (χ0) is 25.4. The fraction of sp³-hybridized carbons (Fsp3) is 0.217. The lowest BCUT2D eigenvalue weighted by Gasteiger charge is -2.17. The van der Waals surface area contributed by atoms with Crippen LogP contribution in [0.1, 0.15) is 20.8 Å². The first-order valence-corrected chi connectivity index (χ1v) is 12.3. The Kier molecular flexibility index (Phi) is 9.26. The number of nitrogens with two attached hydrogens (primary N) is 1. The second-order valence-corrected chi connectivity index (χ2v) is 9.00. The second-order valence-electron chi connectivity index (χ2n) is 7.19. The van der Waals surface area contributed by atoms with E-state index in [-0.39, 0.29) is 41.7 Å². The number of aromatic nitrogens is 2. The van der Waals surface area contributed by atoms with E-state index in [0.29, 0.717) is 9.92 Å². The molecule has 2 unspecified atom stereocenters. The van der Waals surface area contributed by atoms with Gasteiger partial charge in [0.25, 0.3) is 11.8 Å². The minimum Gasteiger partial charge on any atom is -0.490 e. The van der Waals surface area contributed by atoms with Crippen molar-refractivity contribution >= 4 is 45.7 Å². The number of rotatable bonds is 10. The lowest BCUT2D eigenvalue weighted by atomic mass is 10.1. The molecule has 12 heteroatoms. The zero-order valence-electron chi connectivity index (χ0n) is 19.0. The van der Waals surface area contributed by atoms with Crippen LogP contribution in [0.4, 0.5) is 11.5 Å². The Balaban J connectivity index is 1.84. The Morgan fingerprint density at radius 3 is 2.60 bits per heavy atom. The summed E-state index contributed by atoms with van der Waals surface area (Å²) in [6.07, 6.45) is 3.95. The van der Waals surface area contributed by atoms with Crippen LogP contribution in [0, 0.1) is 0 Å². The topological polar surface area (TPSA) is 146 Å². The molecule has 0 fully saturated rings. The van der Waals surface area contributed by atoms with Crippen LogP contribution in [0.5, 0.6) is 5.75 Å². The van der Waals surface area contributed by atoms with Gasteiger partial charge in [0.05, 0.1) is 16.3 Å². The van der Waals surface area contributed by atoms with E-state index in [4.69, 9.17) is 26.8 Å². The van der Waals surface area contributed by atoms with Crippen molar-refractivity contribution in [3.05, 3.63) is 71.1 Å². The maximum atomic E-state index is 13.2. The predicted molar refractivity (Wildman–Crippen MR) is 134 cm³/mol. The van der Waals surface area contributed by atoms with Gasteiger partial charge in [-0.1, -0.05) is 11.6 Å². The van der Waals surface area contributed by atoms with Crippen LogP contribution in [-0.4, -0.2) is 58.6 Å². The minimum atomic E-state index is -1.29. The standard InChI is InChI=1S/C23H24ClN5O5S/c1-33-15(11-25)13-34-19-10-16(35(2)32)6-7-17(19)22(30)28-18-4-3-9-26-21(18)23(31)29-20-8-5-14(24)12-27-20/h3-10,12,15H,11,13,25H2,1-2H3,(H,28,30)(H,27,29,31). The van der Waals surface area contributed by atoms with Crippen molar-refractivity contribution in [1.29, 1.82) is 0 Å². The summed E-state index contributed by atoms with van der Waals surface area (Å²) in [4.78, 5) is 34.6. The molecule has 2 aromatic heterocycles. The largest absolute Gasteiger partial charge is 0.490 e. The molecule has 2 atom stereocenters. The molecule has 3 aromatic rings. The number of hydrogen-bond donors (Lipinski definition) is 3. The van der Waals surface area contributed by atoms with Crippen molar-refractivity contribution in [2.45, 2.75) is 11.0 Å². The summed E-state index contributed by atoms with van der Waals surface area (Å²) in [6, 6.07) is 10.8. The van der Waals surface area contributed by atoms with Crippen LogP contribution in [0.25, 0.3) is 0 Å². The lowest BCUT2D eigenvalue weighted by Crippen LogP contribution is -2.29. The van der Waals surface area contributed by atoms with Crippen molar-refractivity contribution in [3.63, 3.8) is 0 Å². The van der Waals surface area contributed by atoms with Gasteiger partial charge in [0.1, 0.15) is 24.3 Å². The number of benzene rings is 1. The highest BCUT2D eigenvalue weighted by Gasteiger charge is 2.20. The molecule has 10 nitrogen and oxygen atoms in total. The maximum absolute atomic E-state index is 13.2. The number of carbonyl (C=O) groups excluding carboxylic acids is 2. The van der Waals surface area contributed by atoms with Crippen molar-refractivity contribution in [2.24, 2.45) is 5.73 Å². The van der Waals surface area contributed by atoms with Gasteiger partial charge in [-0.15, -0.1) is 0 Å². The van der Waals surface area contributed by atoms with Crippen LogP contribution < -0.4 is 21.1 Å². The van der Waals surface area contributed by atoms with E-state index in [2.05, 4.69) is 20.6 Å². The number of halogens is 1. The van der Waals surface area contributed by atoms with Gasteiger partial charge in [-0.05, 0) is 42.5 Å². The second kappa shape index (κ2) is 12.4. The highest BCUT2D eigenvalue weighted by molar-refractivity contribution is 7.84. The van der Waals surface area contributed by atoms with Gasteiger partial charge < -0.3 is 25.8 Å². The van der Waals surface area contributed by atoms with Crippen LogP contribution >= 0.6 is 11.6 Å². The van der Waals surface area contributed by atoms with E-state index in [1.54, 1.807) is 30.3 Å². The molecule has 0 aliphatic rings. The summed E-state index contributed by atoms with van der Waals surface area (Å²) in [7, 11) is 0.208. The molecule has 0 radical (unpaired) electrons. The van der Waals surface area contributed by atoms with Crippen molar-refractivity contribution in [3.8, 4) is 5.75 Å². The first-order valence-electron chi connectivity index (χ1n) is 10.3. The van der Waals surface area contributed by atoms with Gasteiger partial charge in [-0.3, -0.25) is 13.8 Å². The van der Waals surface area contributed by atoms with E-state index in [1.165, 1.54) is 37.9 Å². The molecule has 0 aliphatic carbocycles. The number of carbonyl (C=O) groups is 2. The Labute approximate surface area is 209 Å². The third-order valence-corrected chi connectivity index (χ3v) is 5.93. The first-order chi connectivity index (χ1) is 16.8. The quantitative estimate of drug-likeness (QED) is 0.372. The monoisotopic (exact) mass is 517 g/mol. The van der Waals surface area contributed by atoms with Gasteiger partial charge in [-0.2, -0.15) is 0 Å². The highest BCUT2D eigenvalue weighted by atomic mass is 35.5. The number of amides is 2. The number of ether oxygens (including phenoxy) is 2. The minimum absolute atomic E-state index is 0.0195. The molecule has 0 bridgehead atoms. The third-order valence-electron chi connectivity index (χ3n) is 4.79. The Morgan fingerprint density at radius 2 is 1.94 bits per heavy atom. The van der Waals surface area contributed by atoms with E-state index in [1.807, 2.05) is 0 Å². The molecular formula is C23H24ClN5O5S. The van der Waals surface area contributed by atoms with Crippen molar-refractivity contribution in [2.75, 3.05) is 37.2 Å². The molecule has 0 saturated carbocycles. The highest BCUT2D eigenvalue weighted by Crippen LogP contribution is 2.25. The van der Waals surface area contributed by atoms with Crippen molar-refractivity contribution in [1.82, 2.24) is 9.97 Å². The van der Waals surface area contributed by atoms with Gasteiger partial charge >= 0.3 is 0 Å². The van der Waals surface area contributed by atoms with Gasteiger partial charge in [-0.25, -0.2) is 9.97 Å². The van der Waals surface area contributed by atoms with E-state index in [0.717, 1.165) is 0 Å². The van der Waals surface area contributed by atoms with Crippen LogP contribution in [0.2, 0.25) is 5.02 Å². The van der Waals surface area contributed by atoms with Crippen LogP contribution in [-0.2, 0) is 15.5 Å². The summed E-state index contributed by atoms with van der Waals surface area (Å²) in [6.45, 7) is 0.301. The fourth-order valence-corrected chi connectivity index (χ4v) is 3.55. The SMILES string of the molecule is COC(CN)COc1cc(S(C)=O)ccc1C(=O)Nc1cccnc1C(=O)Nc1ccc(Cl)cn1. The Morgan fingerprint density at radius 1 is 1.14 bits per heavy atom. The normalized spacial score (nSPS) is 12.5. The van der Waals surface area contributed by atoms with Crippen LogP contribution in [0.3, 0.4) is 0 Å². The summed E-state index contributed by atoms with van der Waals surface area (Å²) < 4.78 is 23.0. The summed E-state index contributed by atoms with van der Waals surface area (Å²) in [5.74, 6) is -0.656. The number of anilines is 2. The molecule has 35 heavy (non-hydrogen) atoms. The molecule has 2 amide bonds. The molecule has 2 heterocycles. The number of nitrogens with one attached hydrogen (secondary N) is 2. The molecular weight excluding hydrogens is 494 g/mol. The smallest absolute Gasteiger partial charge is 0.277 e. The average Bonchev–Trinajstić information content (AvgIpc) is 2.86. The Hall–Kier alpha value is -3.38. The maximum Gasteiger partial charge on any atom is 0.277 e. The summed E-state index contributed by atoms with van der Waals surface area (Å²) in [5, 5.41) is 5.72. The fourth-order valence-electron chi connectivity index (χ4n) is 2.91. The lowest BCUT2D eigenvalue weighted by molar-refractivity contribution is 0.0637. The third kappa shape index (κ3) is 7.06. The number of methoxy groups -OCH3 is 1. The zero-order valence-corrected chi connectivity index (χ0v) is 20.6. The number of pyridine rings is 2. The number of nitrogens with zero attached hydrogens (tertiary/aromatic N) is 2. The molecule has 0 spiro atoms. The van der Waals surface area contributed by atoms with E-state index in [9.17, 15) is 13.8 Å². The predicted octanol–water partition coefficient (Wildman–Crippen LogP) is 2.72. The molecule has 184 valence electrons. The molecule has 1 aromatic carbocycles. The first kappa shape index (κ1) is 26.2. The summed E-state index contributed by atoms with van der Waals surface area (Å²) in [5.41, 5.74) is 5.97. The molecule has 3 rings (SSSR count). The van der Waals surface area contributed by atoms with E-state index >= 15 is 0 Å². The molecule has 0 saturated heterocycles. The summed E-state index contributed by atoms with van der Waals surface area (Å²) >= 11 is 5.83. The number of hydrogen-bond acceptors (Lipinski definition) is 8. The Bertz CT molecular complexity index is 1220. The van der Waals surface area contributed by atoms with Crippen LogP contribution in [0.15, 0.2) is 59.8 Å². The molecule has 4 N–H and O–H groups in total.